The van der Waals surface area contributed by atoms with Crippen molar-refractivity contribution < 1.29 is 23.9 Å². The van der Waals surface area contributed by atoms with E-state index in [0.29, 0.717) is 25.5 Å². The van der Waals surface area contributed by atoms with Crippen LogP contribution in [-0.4, -0.2) is 60.8 Å². The Kier molecular flexibility index (Phi) is 13.0. The fourth-order valence-corrected chi connectivity index (χ4v) is 4.01. The molecular weight excluding hydrogens is 462 g/mol. The number of hydrogen-bond acceptors (Lipinski definition) is 7. The highest BCUT2D eigenvalue weighted by Gasteiger charge is 2.28. The number of carbonyl (C=O) groups is 3. The zero-order valence-corrected chi connectivity index (χ0v) is 21.9. The zero-order chi connectivity index (χ0) is 26.3. The number of esters is 1. The highest BCUT2D eigenvalue weighted by atomic mass is 16.5. The summed E-state index contributed by atoms with van der Waals surface area (Å²) in [5.74, 6) is -0.267. The number of carbonyl (C=O) groups excluding carboxylic acids is 3. The van der Waals surface area contributed by atoms with Crippen LogP contribution in [0.4, 0.5) is 10.6 Å². The lowest BCUT2D eigenvalue weighted by molar-refractivity contribution is -0.145. The zero-order valence-electron chi connectivity index (χ0n) is 21.9. The van der Waals surface area contributed by atoms with Crippen LogP contribution in [0.1, 0.15) is 71.3 Å². The number of aromatic nitrogens is 1. The molecule has 0 radical (unpaired) electrons. The number of nitrogens with two attached hydrogens (primary N) is 1. The maximum atomic E-state index is 13.2. The molecule has 0 aromatic carbocycles. The smallest absolute Gasteiger partial charge is 0.329 e. The van der Waals surface area contributed by atoms with Crippen molar-refractivity contribution in [3.05, 3.63) is 23.9 Å². The third-order valence-corrected chi connectivity index (χ3v) is 6.25. The Bertz CT molecular complexity index is 817. The second kappa shape index (κ2) is 16.0. The van der Waals surface area contributed by atoms with Crippen molar-refractivity contribution in [2.45, 2.75) is 90.3 Å². The van der Waals surface area contributed by atoms with Gasteiger partial charge < -0.3 is 31.2 Å². The number of urea groups is 1. The van der Waals surface area contributed by atoms with Gasteiger partial charge in [0, 0.05) is 19.2 Å². The molecule has 202 valence electrons. The van der Waals surface area contributed by atoms with Gasteiger partial charge in [-0.25, -0.2) is 14.6 Å². The summed E-state index contributed by atoms with van der Waals surface area (Å²) in [5.41, 5.74) is 6.36. The molecule has 0 aliphatic carbocycles. The molecule has 0 spiro atoms. The Morgan fingerprint density at radius 3 is 2.58 bits per heavy atom. The van der Waals surface area contributed by atoms with Crippen LogP contribution >= 0.6 is 0 Å². The normalized spacial score (nSPS) is 21.1. The summed E-state index contributed by atoms with van der Waals surface area (Å²) in [5, 5.41) is 8.52. The second-order valence-electron chi connectivity index (χ2n) is 9.61. The van der Waals surface area contributed by atoms with E-state index in [9.17, 15) is 14.4 Å². The minimum Gasteiger partial charge on any atom is -0.464 e. The van der Waals surface area contributed by atoms with E-state index in [1.165, 1.54) is 0 Å². The first-order valence-corrected chi connectivity index (χ1v) is 13.1. The first-order valence-electron chi connectivity index (χ1n) is 13.1. The largest absolute Gasteiger partial charge is 0.464 e. The highest BCUT2D eigenvalue weighted by molar-refractivity contribution is 5.89. The maximum absolute atomic E-state index is 13.2. The predicted octanol–water partition coefficient (Wildman–Crippen LogP) is 2.71. The molecule has 1 saturated heterocycles. The molecule has 0 bridgehead atoms. The van der Waals surface area contributed by atoms with Gasteiger partial charge in [-0.2, -0.15) is 0 Å². The van der Waals surface area contributed by atoms with E-state index in [2.05, 4.69) is 20.9 Å². The Labute approximate surface area is 214 Å². The van der Waals surface area contributed by atoms with Crippen molar-refractivity contribution in [3.63, 3.8) is 0 Å². The summed E-state index contributed by atoms with van der Waals surface area (Å²) >= 11 is 0. The highest BCUT2D eigenvalue weighted by Crippen LogP contribution is 2.12. The minimum atomic E-state index is -0.936. The number of nitrogen functional groups attached to an aromatic ring is 1. The number of rotatable bonds is 7. The van der Waals surface area contributed by atoms with Gasteiger partial charge >= 0.3 is 12.0 Å². The van der Waals surface area contributed by atoms with Gasteiger partial charge in [-0.1, -0.05) is 52.0 Å². The summed E-state index contributed by atoms with van der Waals surface area (Å²) in [7, 11) is 0. The fourth-order valence-electron chi connectivity index (χ4n) is 4.01. The van der Waals surface area contributed by atoms with Crippen LogP contribution in [0, 0.1) is 5.92 Å². The third-order valence-electron chi connectivity index (χ3n) is 6.25. The van der Waals surface area contributed by atoms with Crippen LogP contribution in [-0.2, 0) is 25.5 Å². The topological polar surface area (TPSA) is 145 Å². The molecule has 0 saturated carbocycles. The Hall–Kier alpha value is -2.88. The van der Waals surface area contributed by atoms with Crippen LogP contribution in [0.25, 0.3) is 0 Å². The van der Waals surface area contributed by atoms with Gasteiger partial charge in [0.05, 0.1) is 19.3 Å². The number of hydrogen-bond donors (Lipinski definition) is 4. The first kappa shape index (κ1) is 29.4. The van der Waals surface area contributed by atoms with E-state index >= 15 is 0 Å². The Balaban J connectivity index is 2.08. The number of amides is 3. The maximum Gasteiger partial charge on any atom is 0.329 e. The van der Waals surface area contributed by atoms with Gasteiger partial charge in [-0.15, -0.1) is 0 Å². The molecule has 3 amide bonds. The molecule has 1 aromatic heterocycles. The van der Waals surface area contributed by atoms with E-state index in [1.54, 1.807) is 25.3 Å². The fraction of sp³-hybridized carbons (Fsp3) is 0.692. The van der Waals surface area contributed by atoms with Gasteiger partial charge in [-0.3, -0.25) is 4.79 Å². The van der Waals surface area contributed by atoms with Crippen molar-refractivity contribution in [1.29, 1.82) is 0 Å². The summed E-state index contributed by atoms with van der Waals surface area (Å²) in [6.07, 6.45) is 8.41. The van der Waals surface area contributed by atoms with E-state index in [-0.39, 0.29) is 30.9 Å². The number of ether oxygens (including phenoxy) is 2. The lowest BCUT2D eigenvalue weighted by atomic mass is 10.0. The molecule has 1 fully saturated rings. The van der Waals surface area contributed by atoms with Crippen molar-refractivity contribution in [1.82, 2.24) is 20.9 Å². The van der Waals surface area contributed by atoms with Gasteiger partial charge in [0.15, 0.2) is 0 Å². The van der Waals surface area contributed by atoms with Gasteiger partial charge in [-0.05, 0) is 37.3 Å². The molecule has 1 aliphatic heterocycles. The van der Waals surface area contributed by atoms with E-state index < -0.39 is 24.1 Å². The summed E-state index contributed by atoms with van der Waals surface area (Å²) in [4.78, 5) is 42.7. The third kappa shape index (κ3) is 10.8. The Morgan fingerprint density at radius 2 is 1.92 bits per heavy atom. The Morgan fingerprint density at radius 1 is 1.19 bits per heavy atom. The minimum absolute atomic E-state index is 0.155. The van der Waals surface area contributed by atoms with Crippen LogP contribution < -0.4 is 21.7 Å². The number of pyridine rings is 1. The summed E-state index contributed by atoms with van der Waals surface area (Å²) in [6, 6.07) is 0.955. The molecule has 1 aromatic rings. The van der Waals surface area contributed by atoms with Crippen molar-refractivity contribution in [3.8, 4) is 0 Å². The van der Waals surface area contributed by atoms with Crippen LogP contribution in [0.3, 0.4) is 0 Å². The van der Waals surface area contributed by atoms with Gasteiger partial charge in [0.25, 0.3) is 0 Å². The molecular formula is C26H43N5O5. The molecule has 3 atom stereocenters. The van der Waals surface area contributed by atoms with Crippen LogP contribution in [0.5, 0.6) is 0 Å². The molecule has 10 heteroatoms. The van der Waals surface area contributed by atoms with Gasteiger partial charge in [0.2, 0.25) is 5.91 Å². The SMILES string of the molecule is CCOC(=O)[C@H](Cc1ccc(N)nc1)NC(=O)N[C@H]1CCCCCCCCOC[C@H](C(C)C)NC1=O. The van der Waals surface area contributed by atoms with E-state index in [0.717, 1.165) is 44.1 Å². The van der Waals surface area contributed by atoms with Crippen molar-refractivity contribution in [2.24, 2.45) is 5.92 Å². The monoisotopic (exact) mass is 505 g/mol. The van der Waals surface area contributed by atoms with Crippen LogP contribution in [0.2, 0.25) is 0 Å². The lowest BCUT2D eigenvalue weighted by Gasteiger charge is -2.27. The average molecular weight is 506 g/mol. The van der Waals surface area contributed by atoms with Crippen molar-refractivity contribution in [2.75, 3.05) is 25.6 Å². The summed E-state index contributed by atoms with van der Waals surface area (Å²) in [6.45, 7) is 7.06. The van der Waals surface area contributed by atoms with Crippen LogP contribution in [0.15, 0.2) is 18.3 Å². The van der Waals surface area contributed by atoms with Gasteiger partial charge in [0.1, 0.15) is 17.9 Å². The molecule has 10 nitrogen and oxygen atoms in total. The standard InChI is InChI=1S/C26H43N5O5/c1-4-36-25(33)21(15-19-12-13-23(27)28-16-19)31-26(34)30-20-11-9-7-5-6-8-10-14-35-17-22(18(2)3)29-24(20)32/h12-13,16,18,20-22H,4-11,14-15,17H2,1-3H3,(H2,27,28)(H,29,32)(H2,30,31,34)/t20-,21-,22+/m0/s1. The lowest BCUT2D eigenvalue weighted by Crippen LogP contribution is -2.56. The molecule has 2 heterocycles. The summed E-state index contributed by atoms with van der Waals surface area (Å²) < 4.78 is 11.0. The first-order chi connectivity index (χ1) is 17.3. The number of anilines is 1. The number of nitrogens with one attached hydrogen (secondary N) is 3. The predicted molar refractivity (Wildman–Crippen MR) is 138 cm³/mol. The molecule has 36 heavy (non-hydrogen) atoms. The number of nitrogens with zero attached hydrogens (tertiary/aromatic N) is 1. The molecule has 1 aliphatic rings. The molecule has 5 N–H and O–H groups in total. The quantitative estimate of drug-likeness (QED) is 0.417. The van der Waals surface area contributed by atoms with E-state index in [1.807, 2.05) is 13.8 Å². The molecule has 2 rings (SSSR count). The molecule has 0 unspecified atom stereocenters. The second-order valence-corrected chi connectivity index (χ2v) is 9.61. The van der Waals surface area contributed by atoms with Crippen molar-refractivity contribution >= 4 is 23.7 Å². The average Bonchev–Trinajstić information content (AvgIpc) is 2.84. The van der Waals surface area contributed by atoms with E-state index in [4.69, 9.17) is 15.2 Å².